The molecule has 2 N–H and O–H groups in total. The highest BCUT2D eigenvalue weighted by molar-refractivity contribution is 8.00. The van der Waals surface area contributed by atoms with Gasteiger partial charge in [0, 0.05) is 29.2 Å². The molecule has 7 heteroatoms. The summed E-state index contributed by atoms with van der Waals surface area (Å²) in [5.41, 5.74) is 3.72. The van der Waals surface area contributed by atoms with Gasteiger partial charge in [0.05, 0.1) is 5.25 Å². The molecular formula is C22H19N5OS. The van der Waals surface area contributed by atoms with Crippen LogP contribution in [0.3, 0.4) is 0 Å². The Bertz CT molecular complexity index is 1100. The first-order valence-electron chi connectivity index (χ1n) is 9.15. The van der Waals surface area contributed by atoms with Crippen LogP contribution in [0.5, 0.6) is 0 Å². The number of para-hydroxylation sites is 1. The van der Waals surface area contributed by atoms with Crippen molar-refractivity contribution in [3.05, 3.63) is 79.1 Å². The average molecular weight is 401 g/mol. The van der Waals surface area contributed by atoms with Crippen LogP contribution in [0, 0.1) is 0 Å². The third kappa shape index (κ3) is 4.52. The molecule has 0 aliphatic carbocycles. The summed E-state index contributed by atoms with van der Waals surface area (Å²) in [5, 5.41) is 10.3. The van der Waals surface area contributed by atoms with Crippen LogP contribution in [-0.4, -0.2) is 31.3 Å². The highest BCUT2D eigenvalue weighted by atomic mass is 32.2. The van der Waals surface area contributed by atoms with Gasteiger partial charge in [-0.15, -0.1) is 5.10 Å². The molecule has 0 bridgehead atoms. The standard InChI is InChI=1S/C22H19N5OS/c1-15(29-22-25-20(26-27-22)17-11-13-23-14-12-17)21(28)24-19-10-6-5-9-18(19)16-7-3-2-4-8-16/h2-15H,1H3,(H,24,28)(H,25,26,27)/t15-/m0/s1. The van der Waals surface area contributed by atoms with Crippen LogP contribution in [-0.2, 0) is 4.79 Å². The number of aromatic amines is 1. The molecule has 4 aromatic rings. The monoisotopic (exact) mass is 401 g/mol. The van der Waals surface area contributed by atoms with Crippen LogP contribution in [0.4, 0.5) is 5.69 Å². The summed E-state index contributed by atoms with van der Waals surface area (Å²) >= 11 is 1.31. The molecule has 0 aliphatic heterocycles. The fourth-order valence-corrected chi connectivity index (χ4v) is 3.57. The number of hydrogen-bond acceptors (Lipinski definition) is 5. The Morgan fingerprint density at radius 3 is 2.48 bits per heavy atom. The van der Waals surface area contributed by atoms with Gasteiger partial charge < -0.3 is 5.32 Å². The first-order valence-corrected chi connectivity index (χ1v) is 10.0. The minimum Gasteiger partial charge on any atom is -0.325 e. The van der Waals surface area contributed by atoms with Crippen molar-refractivity contribution in [3.63, 3.8) is 0 Å². The van der Waals surface area contributed by atoms with E-state index in [0.717, 1.165) is 22.4 Å². The number of H-pyrrole nitrogens is 1. The number of thioether (sulfide) groups is 1. The van der Waals surface area contributed by atoms with Gasteiger partial charge in [-0.3, -0.25) is 14.9 Å². The van der Waals surface area contributed by atoms with Crippen molar-refractivity contribution in [3.8, 4) is 22.5 Å². The van der Waals surface area contributed by atoms with Crippen molar-refractivity contribution >= 4 is 23.4 Å². The molecule has 6 nitrogen and oxygen atoms in total. The van der Waals surface area contributed by atoms with E-state index >= 15 is 0 Å². The lowest BCUT2D eigenvalue weighted by atomic mass is 10.0. The average Bonchev–Trinajstić information content (AvgIpc) is 3.24. The Balaban J connectivity index is 1.46. The molecule has 0 radical (unpaired) electrons. The van der Waals surface area contributed by atoms with E-state index in [4.69, 9.17) is 0 Å². The van der Waals surface area contributed by atoms with Crippen molar-refractivity contribution in [1.82, 2.24) is 20.2 Å². The van der Waals surface area contributed by atoms with Gasteiger partial charge in [-0.1, -0.05) is 60.3 Å². The summed E-state index contributed by atoms with van der Waals surface area (Å²) in [4.78, 5) is 21.2. The van der Waals surface area contributed by atoms with E-state index in [0.29, 0.717) is 11.0 Å². The van der Waals surface area contributed by atoms with Gasteiger partial charge in [-0.05, 0) is 30.7 Å². The lowest BCUT2D eigenvalue weighted by molar-refractivity contribution is -0.115. The number of carbonyl (C=O) groups excluding carboxylic acids is 1. The first-order chi connectivity index (χ1) is 14.2. The number of aromatic nitrogens is 4. The van der Waals surface area contributed by atoms with E-state index in [1.165, 1.54) is 11.8 Å². The number of pyridine rings is 1. The van der Waals surface area contributed by atoms with Gasteiger partial charge in [-0.2, -0.15) is 0 Å². The smallest absolute Gasteiger partial charge is 0.237 e. The number of nitrogens with one attached hydrogen (secondary N) is 2. The number of amides is 1. The molecule has 2 heterocycles. The summed E-state index contributed by atoms with van der Waals surface area (Å²) in [6, 6.07) is 21.5. The van der Waals surface area contributed by atoms with Crippen LogP contribution >= 0.6 is 11.8 Å². The topological polar surface area (TPSA) is 83.6 Å². The number of rotatable bonds is 6. The summed E-state index contributed by atoms with van der Waals surface area (Å²) in [6.45, 7) is 1.84. The Morgan fingerprint density at radius 1 is 0.966 bits per heavy atom. The molecule has 144 valence electrons. The van der Waals surface area contributed by atoms with Gasteiger partial charge in [0.15, 0.2) is 5.82 Å². The van der Waals surface area contributed by atoms with Crippen molar-refractivity contribution in [2.75, 3.05) is 5.32 Å². The molecule has 4 rings (SSSR count). The third-order valence-corrected chi connectivity index (χ3v) is 5.30. The third-order valence-electron chi connectivity index (χ3n) is 4.34. The molecule has 29 heavy (non-hydrogen) atoms. The van der Waals surface area contributed by atoms with Crippen LogP contribution in [0.15, 0.2) is 84.3 Å². The number of benzene rings is 2. The molecule has 0 fully saturated rings. The number of anilines is 1. The number of hydrogen-bond donors (Lipinski definition) is 2. The minimum absolute atomic E-state index is 0.103. The number of carbonyl (C=O) groups is 1. The summed E-state index contributed by atoms with van der Waals surface area (Å²) in [6.07, 6.45) is 3.40. The molecule has 0 unspecified atom stereocenters. The maximum atomic E-state index is 12.8. The van der Waals surface area contributed by atoms with Crippen LogP contribution < -0.4 is 5.32 Å². The first kappa shape index (κ1) is 18.9. The second kappa shape index (κ2) is 8.70. The highest BCUT2D eigenvalue weighted by Gasteiger charge is 2.19. The zero-order chi connectivity index (χ0) is 20.1. The fourth-order valence-electron chi connectivity index (χ4n) is 2.85. The predicted octanol–water partition coefficient (Wildman–Crippen LogP) is 4.65. The Kier molecular flexibility index (Phi) is 5.67. The van der Waals surface area contributed by atoms with Gasteiger partial charge in [0.25, 0.3) is 0 Å². The van der Waals surface area contributed by atoms with Crippen molar-refractivity contribution < 1.29 is 4.79 Å². The Labute approximate surface area is 172 Å². The fraction of sp³-hybridized carbons (Fsp3) is 0.0909. The van der Waals surface area contributed by atoms with E-state index in [9.17, 15) is 4.79 Å². The van der Waals surface area contributed by atoms with E-state index in [-0.39, 0.29) is 11.2 Å². The zero-order valence-corrected chi connectivity index (χ0v) is 16.6. The lowest BCUT2D eigenvalue weighted by Crippen LogP contribution is -2.22. The van der Waals surface area contributed by atoms with Gasteiger partial charge in [0.2, 0.25) is 11.1 Å². The van der Waals surface area contributed by atoms with E-state index in [2.05, 4.69) is 25.5 Å². The summed E-state index contributed by atoms with van der Waals surface area (Å²) < 4.78 is 0. The van der Waals surface area contributed by atoms with Crippen molar-refractivity contribution in [2.24, 2.45) is 0 Å². The van der Waals surface area contributed by atoms with E-state index in [1.807, 2.05) is 73.7 Å². The maximum Gasteiger partial charge on any atom is 0.237 e. The second-order valence-electron chi connectivity index (χ2n) is 6.36. The minimum atomic E-state index is -0.361. The van der Waals surface area contributed by atoms with Gasteiger partial charge in [0.1, 0.15) is 0 Å². The van der Waals surface area contributed by atoms with Crippen LogP contribution in [0.25, 0.3) is 22.5 Å². The van der Waals surface area contributed by atoms with E-state index in [1.54, 1.807) is 12.4 Å². The second-order valence-corrected chi connectivity index (χ2v) is 7.67. The summed E-state index contributed by atoms with van der Waals surface area (Å²) in [5.74, 6) is 0.547. The molecule has 0 saturated carbocycles. The van der Waals surface area contributed by atoms with Gasteiger partial charge in [-0.25, -0.2) is 4.98 Å². The van der Waals surface area contributed by atoms with E-state index < -0.39 is 0 Å². The van der Waals surface area contributed by atoms with Crippen LogP contribution in [0.2, 0.25) is 0 Å². The zero-order valence-electron chi connectivity index (χ0n) is 15.7. The Morgan fingerprint density at radius 2 is 1.69 bits per heavy atom. The van der Waals surface area contributed by atoms with Crippen molar-refractivity contribution in [1.29, 1.82) is 0 Å². The SMILES string of the molecule is C[C@H](Sc1n[nH]c(-c2ccncc2)n1)C(=O)Nc1ccccc1-c1ccccc1. The predicted molar refractivity (Wildman–Crippen MR) is 115 cm³/mol. The molecule has 0 aliphatic rings. The molecule has 2 aromatic carbocycles. The van der Waals surface area contributed by atoms with Crippen molar-refractivity contribution in [2.45, 2.75) is 17.3 Å². The highest BCUT2D eigenvalue weighted by Crippen LogP contribution is 2.29. The molecular weight excluding hydrogens is 382 g/mol. The normalized spacial score (nSPS) is 11.8. The quantitative estimate of drug-likeness (QED) is 0.459. The lowest BCUT2D eigenvalue weighted by Gasteiger charge is -2.14. The number of nitrogens with zero attached hydrogens (tertiary/aromatic N) is 3. The van der Waals surface area contributed by atoms with Gasteiger partial charge >= 0.3 is 0 Å². The molecule has 2 aromatic heterocycles. The van der Waals surface area contributed by atoms with Crippen LogP contribution in [0.1, 0.15) is 6.92 Å². The molecule has 1 amide bonds. The maximum absolute atomic E-state index is 12.8. The Hall–Kier alpha value is -3.45. The molecule has 0 saturated heterocycles. The summed E-state index contributed by atoms with van der Waals surface area (Å²) in [7, 11) is 0. The largest absolute Gasteiger partial charge is 0.325 e. The molecule has 1 atom stereocenters. The molecule has 0 spiro atoms.